The van der Waals surface area contributed by atoms with E-state index >= 15 is 0 Å². The van der Waals surface area contributed by atoms with Crippen molar-refractivity contribution in [3.05, 3.63) is 59.1 Å². The molecule has 0 aromatic heterocycles. The average Bonchev–Trinajstić information content (AvgIpc) is 2.46. The Hall–Kier alpha value is -1.71. The van der Waals surface area contributed by atoms with Gasteiger partial charge in [0.1, 0.15) is 5.75 Å². The smallest absolute Gasteiger partial charge is 0.120 e. The molecule has 0 bridgehead atoms. The molecule has 2 rings (SSSR count). The minimum atomic E-state index is -0.0270. The van der Waals surface area contributed by atoms with Crippen molar-refractivity contribution in [2.75, 3.05) is 19.0 Å². The van der Waals surface area contributed by atoms with Crippen molar-refractivity contribution in [3.8, 4) is 5.75 Å². The van der Waals surface area contributed by atoms with Gasteiger partial charge in [-0.1, -0.05) is 35.9 Å². The summed E-state index contributed by atoms with van der Waals surface area (Å²) < 4.78 is 5.20. The third-order valence-corrected chi connectivity index (χ3v) is 3.27. The Morgan fingerprint density at radius 1 is 1.21 bits per heavy atom. The van der Waals surface area contributed by atoms with Crippen molar-refractivity contribution in [1.29, 1.82) is 0 Å². The summed E-state index contributed by atoms with van der Waals surface area (Å²) >= 11 is 6.20. The standard InChI is InChI=1S/C15H17ClN2O/c1-19-12-6-4-5-11(9-12)18-15(10-17)13-7-2-3-8-14(13)16/h2-9,15,18H,10,17H2,1H3. The van der Waals surface area contributed by atoms with Gasteiger partial charge in [0.15, 0.2) is 0 Å². The number of anilines is 1. The summed E-state index contributed by atoms with van der Waals surface area (Å²) in [4.78, 5) is 0. The van der Waals surface area contributed by atoms with Crippen LogP contribution in [-0.2, 0) is 0 Å². The number of nitrogens with one attached hydrogen (secondary N) is 1. The highest BCUT2D eigenvalue weighted by molar-refractivity contribution is 6.31. The maximum absolute atomic E-state index is 6.20. The number of benzene rings is 2. The van der Waals surface area contributed by atoms with E-state index in [1.165, 1.54) is 0 Å². The lowest BCUT2D eigenvalue weighted by Crippen LogP contribution is -2.20. The molecule has 3 nitrogen and oxygen atoms in total. The second kappa shape index (κ2) is 6.45. The number of methoxy groups -OCH3 is 1. The van der Waals surface area contributed by atoms with E-state index in [1.54, 1.807) is 7.11 Å². The predicted octanol–water partition coefficient (Wildman–Crippen LogP) is 3.46. The van der Waals surface area contributed by atoms with Gasteiger partial charge in [0, 0.05) is 23.3 Å². The van der Waals surface area contributed by atoms with Gasteiger partial charge in [-0.2, -0.15) is 0 Å². The molecule has 0 heterocycles. The Morgan fingerprint density at radius 2 is 2.00 bits per heavy atom. The fraction of sp³-hybridized carbons (Fsp3) is 0.200. The first-order valence-corrected chi connectivity index (χ1v) is 6.47. The molecule has 0 saturated heterocycles. The molecule has 100 valence electrons. The van der Waals surface area contributed by atoms with Crippen LogP contribution in [0.5, 0.6) is 5.75 Å². The van der Waals surface area contributed by atoms with Crippen LogP contribution in [-0.4, -0.2) is 13.7 Å². The lowest BCUT2D eigenvalue weighted by molar-refractivity contribution is 0.415. The van der Waals surface area contributed by atoms with Crippen molar-refractivity contribution in [2.24, 2.45) is 5.73 Å². The van der Waals surface area contributed by atoms with E-state index in [-0.39, 0.29) is 6.04 Å². The van der Waals surface area contributed by atoms with Crippen LogP contribution in [0.25, 0.3) is 0 Å². The zero-order valence-electron chi connectivity index (χ0n) is 10.8. The zero-order chi connectivity index (χ0) is 13.7. The van der Waals surface area contributed by atoms with Gasteiger partial charge in [0.2, 0.25) is 0 Å². The van der Waals surface area contributed by atoms with Crippen LogP contribution in [0.4, 0.5) is 5.69 Å². The first-order chi connectivity index (χ1) is 9.24. The van der Waals surface area contributed by atoms with Crippen LogP contribution >= 0.6 is 11.6 Å². The molecule has 0 amide bonds. The van der Waals surface area contributed by atoms with E-state index in [4.69, 9.17) is 22.1 Å². The topological polar surface area (TPSA) is 47.3 Å². The Kier molecular flexibility index (Phi) is 4.66. The van der Waals surface area contributed by atoms with Gasteiger partial charge >= 0.3 is 0 Å². The largest absolute Gasteiger partial charge is 0.497 e. The molecule has 0 spiro atoms. The first-order valence-electron chi connectivity index (χ1n) is 6.09. The van der Waals surface area contributed by atoms with E-state index in [1.807, 2.05) is 48.5 Å². The van der Waals surface area contributed by atoms with Gasteiger partial charge in [0.05, 0.1) is 13.2 Å². The highest BCUT2D eigenvalue weighted by atomic mass is 35.5. The molecule has 0 aliphatic carbocycles. The molecule has 2 aromatic rings. The van der Waals surface area contributed by atoms with Crippen molar-refractivity contribution < 1.29 is 4.74 Å². The molecule has 0 radical (unpaired) electrons. The minimum absolute atomic E-state index is 0.0270. The molecule has 1 unspecified atom stereocenters. The Labute approximate surface area is 118 Å². The van der Waals surface area contributed by atoms with Crippen molar-refractivity contribution in [1.82, 2.24) is 0 Å². The number of halogens is 1. The highest BCUT2D eigenvalue weighted by Crippen LogP contribution is 2.26. The molecule has 4 heteroatoms. The maximum Gasteiger partial charge on any atom is 0.120 e. The third kappa shape index (κ3) is 3.40. The summed E-state index contributed by atoms with van der Waals surface area (Å²) in [5, 5.41) is 4.09. The second-order valence-electron chi connectivity index (χ2n) is 4.19. The summed E-state index contributed by atoms with van der Waals surface area (Å²) in [6, 6.07) is 15.4. The first kappa shape index (κ1) is 13.7. The summed E-state index contributed by atoms with van der Waals surface area (Å²) in [6.07, 6.45) is 0. The van der Waals surface area contributed by atoms with Gasteiger partial charge in [0.25, 0.3) is 0 Å². The molecule has 1 atom stereocenters. The minimum Gasteiger partial charge on any atom is -0.497 e. The fourth-order valence-electron chi connectivity index (χ4n) is 1.94. The van der Waals surface area contributed by atoms with Gasteiger partial charge in [-0.15, -0.1) is 0 Å². The van der Waals surface area contributed by atoms with Crippen LogP contribution in [0.15, 0.2) is 48.5 Å². The monoisotopic (exact) mass is 276 g/mol. The van der Waals surface area contributed by atoms with Crippen LogP contribution in [0.2, 0.25) is 5.02 Å². The number of rotatable bonds is 5. The molecular weight excluding hydrogens is 260 g/mol. The molecular formula is C15H17ClN2O. The van der Waals surface area contributed by atoms with Gasteiger partial charge in [-0.25, -0.2) is 0 Å². The fourth-order valence-corrected chi connectivity index (χ4v) is 2.20. The molecule has 0 aliphatic rings. The van der Waals surface area contributed by atoms with Crippen LogP contribution in [0.3, 0.4) is 0 Å². The maximum atomic E-state index is 6.20. The highest BCUT2D eigenvalue weighted by Gasteiger charge is 2.12. The molecule has 3 N–H and O–H groups in total. The lowest BCUT2D eigenvalue weighted by Gasteiger charge is -2.20. The lowest BCUT2D eigenvalue weighted by atomic mass is 10.1. The average molecular weight is 277 g/mol. The van der Waals surface area contributed by atoms with Gasteiger partial charge in [-0.3, -0.25) is 0 Å². The van der Waals surface area contributed by atoms with Crippen LogP contribution in [0, 0.1) is 0 Å². The summed E-state index contributed by atoms with van der Waals surface area (Å²) in [5.41, 5.74) is 7.79. The number of ether oxygens (including phenoxy) is 1. The second-order valence-corrected chi connectivity index (χ2v) is 4.59. The summed E-state index contributed by atoms with van der Waals surface area (Å²) in [5.74, 6) is 0.805. The van der Waals surface area contributed by atoms with Crippen molar-refractivity contribution in [2.45, 2.75) is 6.04 Å². The third-order valence-electron chi connectivity index (χ3n) is 2.93. The van der Waals surface area contributed by atoms with Crippen LogP contribution in [0.1, 0.15) is 11.6 Å². The van der Waals surface area contributed by atoms with E-state index in [9.17, 15) is 0 Å². The van der Waals surface area contributed by atoms with Crippen molar-refractivity contribution >= 4 is 17.3 Å². The summed E-state index contributed by atoms with van der Waals surface area (Å²) in [6.45, 7) is 0.459. The van der Waals surface area contributed by atoms with E-state index in [2.05, 4.69) is 5.32 Å². The molecule has 19 heavy (non-hydrogen) atoms. The van der Waals surface area contributed by atoms with Gasteiger partial charge < -0.3 is 15.8 Å². The SMILES string of the molecule is COc1cccc(NC(CN)c2ccccc2Cl)c1. The van der Waals surface area contributed by atoms with Gasteiger partial charge in [-0.05, 0) is 23.8 Å². The summed E-state index contributed by atoms with van der Waals surface area (Å²) in [7, 11) is 1.65. The van der Waals surface area contributed by atoms with E-state index < -0.39 is 0 Å². The Morgan fingerprint density at radius 3 is 2.68 bits per heavy atom. The zero-order valence-corrected chi connectivity index (χ0v) is 11.5. The van der Waals surface area contributed by atoms with E-state index in [0.717, 1.165) is 17.0 Å². The van der Waals surface area contributed by atoms with E-state index in [0.29, 0.717) is 11.6 Å². The normalized spacial score (nSPS) is 11.9. The Bertz CT molecular complexity index is 545. The number of nitrogens with two attached hydrogens (primary N) is 1. The number of hydrogen-bond acceptors (Lipinski definition) is 3. The predicted molar refractivity (Wildman–Crippen MR) is 79.9 cm³/mol. The van der Waals surface area contributed by atoms with Crippen LogP contribution < -0.4 is 15.8 Å². The molecule has 0 fully saturated rings. The van der Waals surface area contributed by atoms with Crippen molar-refractivity contribution in [3.63, 3.8) is 0 Å². The Balaban J connectivity index is 2.21. The number of hydrogen-bond donors (Lipinski definition) is 2. The molecule has 0 aliphatic heterocycles. The quantitative estimate of drug-likeness (QED) is 0.879. The molecule has 2 aromatic carbocycles. The molecule has 0 saturated carbocycles.